The Morgan fingerprint density at radius 3 is 2.32 bits per heavy atom. The third kappa shape index (κ3) is 2.85. The molecule has 0 bridgehead atoms. The molecule has 0 amide bonds. The van der Waals surface area contributed by atoms with E-state index in [0.717, 1.165) is 17.1 Å². The maximum atomic E-state index is 12.7. The zero-order chi connectivity index (χ0) is 16.6. The van der Waals surface area contributed by atoms with E-state index in [0.29, 0.717) is 16.4 Å². The van der Waals surface area contributed by atoms with Gasteiger partial charge in [0.2, 0.25) is 0 Å². The predicted molar refractivity (Wildman–Crippen MR) is 85.7 cm³/mol. The maximum absolute atomic E-state index is 12.7. The molecule has 0 aliphatic carbocycles. The number of H-pyrrole nitrogens is 1. The van der Waals surface area contributed by atoms with Crippen molar-refractivity contribution in [2.75, 3.05) is 0 Å². The number of nitrogens with zero attached hydrogens (tertiary/aromatic N) is 3. The van der Waals surface area contributed by atoms with Crippen LogP contribution in [0, 0.1) is 20.8 Å². The van der Waals surface area contributed by atoms with Gasteiger partial charge in [-0.1, -0.05) is 11.8 Å². The van der Waals surface area contributed by atoms with Crippen molar-refractivity contribution in [2.45, 2.75) is 45.0 Å². The van der Waals surface area contributed by atoms with E-state index in [4.69, 9.17) is 0 Å². The minimum Gasteiger partial charge on any atom is -0.355 e. The number of aromatic nitrogens is 4. The number of carbonyl (C=O) groups is 2. The van der Waals surface area contributed by atoms with Gasteiger partial charge < -0.3 is 9.55 Å². The number of Topliss-reactive ketones (excluding diaryl/α,β-unsaturated/α-hetero) is 2. The van der Waals surface area contributed by atoms with Crippen LogP contribution in [-0.4, -0.2) is 36.6 Å². The Balaban J connectivity index is 2.26. The first-order valence-corrected chi connectivity index (χ1v) is 7.89. The van der Waals surface area contributed by atoms with Gasteiger partial charge in [-0.3, -0.25) is 9.59 Å². The Labute approximate surface area is 133 Å². The standard InChI is InChI=1S/C15H20N4O2S/c1-7-12(9(3)20)8(2)16-13(7)14(21)10(4)22-15-18-17-11(5)19(15)6/h10,16H,1-6H3/t10-/m0/s1. The number of aryl methyl sites for hydroxylation is 2. The fourth-order valence-electron chi connectivity index (χ4n) is 2.43. The summed E-state index contributed by atoms with van der Waals surface area (Å²) in [7, 11) is 1.87. The van der Waals surface area contributed by atoms with E-state index in [1.807, 2.05) is 32.4 Å². The normalized spacial score (nSPS) is 12.5. The first-order valence-electron chi connectivity index (χ1n) is 7.01. The third-order valence-corrected chi connectivity index (χ3v) is 4.87. The van der Waals surface area contributed by atoms with Crippen LogP contribution in [0.15, 0.2) is 5.16 Å². The molecule has 118 valence electrons. The largest absolute Gasteiger partial charge is 0.355 e. The first kappa shape index (κ1) is 16.5. The quantitative estimate of drug-likeness (QED) is 0.676. The average Bonchev–Trinajstić information content (AvgIpc) is 2.91. The first-order chi connectivity index (χ1) is 10.2. The molecule has 2 aromatic rings. The summed E-state index contributed by atoms with van der Waals surface area (Å²) < 4.78 is 1.85. The van der Waals surface area contributed by atoms with Gasteiger partial charge in [0.25, 0.3) is 0 Å². The second-order valence-electron chi connectivity index (χ2n) is 5.39. The fraction of sp³-hybridized carbons (Fsp3) is 0.467. The molecular weight excluding hydrogens is 300 g/mol. The molecule has 0 spiro atoms. The topological polar surface area (TPSA) is 80.6 Å². The van der Waals surface area contributed by atoms with Gasteiger partial charge in [0.1, 0.15) is 5.82 Å². The van der Waals surface area contributed by atoms with Gasteiger partial charge in [0.05, 0.1) is 10.9 Å². The Morgan fingerprint density at radius 2 is 1.86 bits per heavy atom. The summed E-state index contributed by atoms with van der Waals surface area (Å²) in [5.74, 6) is 0.723. The molecule has 0 radical (unpaired) electrons. The van der Waals surface area contributed by atoms with Crippen molar-refractivity contribution in [3.8, 4) is 0 Å². The van der Waals surface area contributed by atoms with Gasteiger partial charge in [-0.15, -0.1) is 10.2 Å². The van der Waals surface area contributed by atoms with Crippen molar-refractivity contribution in [1.29, 1.82) is 0 Å². The minimum absolute atomic E-state index is 0.0328. The van der Waals surface area contributed by atoms with Gasteiger partial charge in [-0.25, -0.2) is 0 Å². The van der Waals surface area contributed by atoms with Crippen LogP contribution in [0.25, 0.3) is 0 Å². The van der Waals surface area contributed by atoms with Crippen molar-refractivity contribution < 1.29 is 9.59 Å². The average molecular weight is 320 g/mol. The zero-order valence-corrected chi connectivity index (χ0v) is 14.5. The Hall–Kier alpha value is -1.89. The molecule has 0 aliphatic rings. The smallest absolute Gasteiger partial charge is 0.192 e. The van der Waals surface area contributed by atoms with Gasteiger partial charge in [0.15, 0.2) is 16.7 Å². The number of hydrogen-bond donors (Lipinski definition) is 1. The summed E-state index contributed by atoms with van der Waals surface area (Å²) >= 11 is 1.36. The molecule has 2 heterocycles. The fourth-order valence-corrected chi connectivity index (χ4v) is 3.35. The Bertz CT molecular complexity index is 745. The molecule has 0 aliphatic heterocycles. The Morgan fingerprint density at radius 1 is 1.23 bits per heavy atom. The van der Waals surface area contributed by atoms with Crippen molar-refractivity contribution >= 4 is 23.3 Å². The summed E-state index contributed by atoms with van der Waals surface area (Å²) in [6, 6.07) is 0. The maximum Gasteiger partial charge on any atom is 0.192 e. The van der Waals surface area contributed by atoms with E-state index in [2.05, 4.69) is 15.2 Å². The molecule has 0 fully saturated rings. The van der Waals surface area contributed by atoms with Crippen LogP contribution in [0.4, 0.5) is 0 Å². The van der Waals surface area contributed by atoms with Gasteiger partial charge in [0, 0.05) is 18.3 Å². The van der Waals surface area contributed by atoms with Gasteiger partial charge in [-0.2, -0.15) is 0 Å². The van der Waals surface area contributed by atoms with Crippen LogP contribution in [-0.2, 0) is 7.05 Å². The van der Waals surface area contributed by atoms with E-state index in [1.165, 1.54) is 18.7 Å². The van der Waals surface area contributed by atoms with Crippen LogP contribution >= 0.6 is 11.8 Å². The molecule has 0 aromatic carbocycles. The predicted octanol–water partition coefficient (Wildman–Crippen LogP) is 2.63. The molecule has 22 heavy (non-hydrogen) atoms. The van der Waals surface area contributed by atoms with Crippen LogP contribution in [0.1, 0.15) is 51.8 Å². The van der Waals surface area contributed by atoms with E-state index in [-0.39, 0.29) is 16.8 Å². The van der Waals surface area contributed by atoms with E-state index in [9.17, 15) is 9.59 Å². The molecule has 1 N–H and O–H groups in total. The lowest BCUT2D eigenvalue weighted by Crippen LogP contribution is -2.16. The summed E-state index contributed by atoms with van der Waals surface area (Å²) in [5, 5.41) is 8.43. The number of ketones is 2. The number of hydrogen-bond acceptors (Lipinski definition) is 5. The lowest BCUT2D eigenvalue weighted by Gasteiger charge is -2.09. The molecule has 2 rings (SSSR count). The molecule has 0 unspecified atom stereocenters. The summed E-state index contributed by atoms with van der Waals surface area (Å²) in [6.07, 6.45) is 0. The number of nitrogens with one attached hydrogen (secondary N) is 1. The SMILES string of the molecule is CC(=O)c1c(C)[nH]c(C(=O)[C@H](C)Sc2nnc(C)n2C)c1C. The van der Waals surface area contributed by atoms with Crippen LogP contribution in [0.3, 0.4) is 0 Å². The van der Waals surface area contributed by atoms with Crippen molar-refractivity contribution in [2.24, 2.45) is 7.05 Å². The second kappa shape index (κ2) is 6.08. The number of aromatic amines is 1. The van der Waals surface area contributed by atoms with Crippen molar-refractivity contribution in [3.05, 3.63) is 28.3 Å². The minimum atomic E-state index is -0.321. The second-order valence-corrected chi connectivity index (χ2v) is 6.70. The van der Waals surface area contributed by atoms with Crippen LogP contribution in [0.2, 0.25) is 0 Å². The molecular formula is C15H20N4O2S. The van der Waals surface area contributed by atoms with Crippen molar-refractivity contribution in [1.82, 2.24) is 19.7 Å². The summed E-state index contributed by atoms with van der Waals surface area (Å²) in [4.78, 5) is 27.4. The Kier molecular flexibility index (Phi) is 4.55. The molecule has 0 saturated heterocycles. The number of rotatable bonds is 5. The highest BCUT2D eigenvalue weighted by Gasteiger charge is 2.25. The van der Waals surface area contributed by atoms with E-state index in [1.54, 1.807) is 6.92 Å². The van der Waals surface area contributed by atoms with Gasteiger partial charge >= 0.3 is 0 Å². The zero-order valence-electron chi connectivity index (χ0n) is 13.6. The van der Waals surface area contributed by atoms with Crippen LogP contribution in [0.5, 0.6) is 0 Å². The lowest BCUT2D eigenvalue weighted by atomic mass is 10.0. The summed E-state index contributed by atoms with van der Waals surface area (Å²) in [5.41, 5.74) is 2.56. The number of thioether (sulfide) groups is 1. The van der Waals surface area contributed by atoms with Crippen LogP contribution < -0.4 is 0 Å². The molecule has 7 heteroatoms. The van der Waals surface area contributed by atoms with Gasteiger partial charge in [-0.05, 0) is 40.2 Å². The van der Waals surface area contributed by atoms with E-state index >= 15 is 0 Å². The third-order valence-electron chi connectivity index (χ3n) is 3.74. The van der Waals surface area contributed by atoms with E-state index < -0.39 is 0 Å². The highest BCUT2D eigenvalue weighted by atomic mass is 32.2. The monoisotopic (exact) mass is 320 g/mol. The highest BCUT2D eigenvalue weighted by molar-refractivity contribution is 8.00. The molecule has 6 nitrogen and oxygen atoms in total. The molecule has 2 aromatic heterocycles. The van der Waals surface area contributed by atoms with Crippen molar-refractivity contribution in [3.63, 3.8) is 0 Å². The molecule has 0 saturated carbocycles. The number of carbonyl (C=O) groups excluding carboxylic acids is 2. The molecule has 1 atom stereocenters. The summed E-state index contributed by atoms with van der Waals surface area (Å²) in [6.45, 7) is 8.82. The highest BCUT2D eigenvalue weighted by Crippen LogP contribution is 2.27. The lowest BCUT2D eigenvalue weighted by molar-refractivity contribution is 0.0988.